The van der Waals surface area contributed by atoms with Gasteiger partial charge >= 0.3 is 0 Å². The van der Waals surface area contributed by atoms with Crippen LogP contribution in [0.15, 0.2) is 18.5 Å². The fourth-order valence-electron chi connectivity index (χ4n) is 2.65. The number of anilines is 2. The second-order valence-electron chi connectivity index (χ2n) is 4.97. The molecule has 100 valence electrons. The molecule has 0 spiro atoms. The molecule has 4 heteroatoms. The van der Waals surface area contributed by atoms with E-state index in [1.165, 1.54) is 12.8 Å². The maximum absolute atomic E-state index is 9.41. The Morgan fingerprint density at radius 2 is 2.06 bits per heavy atom. The van der Waals surface area contributed by atoms with Crippen molar-refractivity contribution in [3.8, 4) is 0 Å². The van der Waals surface area contributed by atoms with E-state index in [0.29, 0.717) is 12.0 Å². The van der Waals surface area contributed by atoms with Crippen molar-refractivity contribution in [2.24, 2.45) is 5.92 Å². The number of aliphatic hydroxyl groups is 1. The number of aromatic nitrogens is 1. The zero-order valence-electron chi connectivity index (χ0n) is 11.0. The van der Waals surface area contributed by atoms with Gasteiger partial charge in [-0.2, -0.15) is 0 Å². The highest BCUT2D eigenvalue weighted by atomic mass is 16.3. The topological polar surface area (TPSA) is 57.2 Å². The zero-order chi connectivity index (χ0) is 12.8. The number of hydrogen-bond acceptors (Lipinski definition) is 4. The van der Waals surface area contributed by atoms with Gasteiger partial charge in [-0.1, -0.05) is 12.8 Å². The first-order valence-electron chi connectivity index (χ1n) is 6.89. The minimum Gasteiger partial charge on any atom is -0.396 e. The molecule has 2 rings (SSSR count). The van der Waals surface area contributed by atoms with Gasteiger partial charge in [-0.3, -0.25) is 4.98 Å². The van der Waals surface area contributed by atoms with Crippen LogP contribution in [0.5, 0.6) is 0 Å². The lowest BCUT2D eigenvalue weighted by molar-refractivity contribution is 0.178. The van der Waals surface area contributed by atoms with Gasteiger partial charge in [-0.15, -0.1) is 0 Å². The molecule has 0 saturated heterocycles. The summed E-state index contributed by atoms with van der Waals surface area (Å²) >= 11 is 0. The van der Waals surface area contributed by atoms with Crippen LogP contribution in [-0.4, -0.2) is 29.3 Å². The maximum atomic E-state index is 9.41. The van der Waals surface area contributed by atoms with Gasteiger partial charge in [-0.05, 0) is 25.8 Å². The minimum absolute atomic E-state index is 0.276. The highest BCUT2D eigenvalue weighted by Crippen LogP contribution is 2.27. The summed E-state index contributed by atoms with van der Waals surface area (Å²) in [6.07, 6.45) is 8.42. The Morgan fingerprint density at radius 1 is 1.28 bits per heavy atom. The Morgan fingerprint density at radius 3 is 2.83 bits per heavy atom. The third kappa shape index (κ3) is 3.35. The van der Waals surface area contributed by atoms with E-state index in [4.69, 9.17) is 0 Å². The molecule has 1 aliphatic rings. The number of rotatable bonds is 5. The monoisotopic (exact) mass is 249 g/mol. The normalized spacial score (nSPS) is 23.7. The summed E-state index contributed by atoms with van der Waals surface area (Å²) in [5, 5.41) is 16.2. The van der Waals surface area contributed by atoms with Crippen LogP contribution in [0.2, 0.25) is 0 Å². The molecule has 1 aromatic heterocycles. The summed E-state index contributed by atoms with van der Waals surface area (Å²) in [4.78, 5) is 4.23. The molecule has 0 amide bonds. The van der Waals surface area contributed by atoms with E-state index in [1.807, 2.05) is 12.4 Å². The van der Waals surface area contributed by atoms with E-state index in [9.17, 15) is 5.11 Å². The molecule has 18 heavy (non-hydrogen) atoms. The lowest BCUT2D eigenvalue weighted by Crippen LogP contribution is -2.34. The van der Waals surface area contributed by atoms with Crippen molar-refractivity contribution < 1.29 is 5.11 Å². The first kappa shape index (κ1) is 13.1. The van der Waals surface area contributed by atoms with Crippen molar-refractivity contribution >= 4 is 11.4 Å². The maximum Gasteiger partial charge on any atom is 0.0549 e. The Labute approximate surface area is 109 Å². The summed E-state index contributed by atoms with van der Waals surface area (Å²) in [5.41, 5.74) is 2.08. The van der Waals surface area contributed by atoms with Crippen molar-refractivity contribution in [1.29, 1.82) is 0 Å². The molecule has 2 unspecified atom stereocenters. The number of hydrogen-bond donors (Lipinski definition) is 3. The highest BCUT2D eigenvalue weighted by Gasteiger charge is 2.24. The Hall–Kier alpha value is -1.29. The van der Waals surface area contributed by atoms with Crippen molar-refractivity contribution in [1.82, 2.24) is 4.98 Å². The van der Waals surface area contributed by atoms with Gasteiger partial charge in [0.15, 0.2) is 0 Å². The molecule has 1 fully saturated rings. The SMILES string of the molecule is CCNc1cncc(NC2CCCCC2CO)c1. The average Bonchev–Trinajstić information content (AvgIpc) is 2.40. The standard InChI is InChI=1S/C14H23N3O/c1-2-16-12-7-13(9-15-8-12)17-14-6-4-3-5-11(14)10-18/h7-9,11,14,16-18H,2-6,10H2,1H3. The van der Waals surface area contributed by atoms with Crippen LogP contribution in [0.4, 0.5) is 11.4 Å². The predicted octanol–water partition coefficient (Wildman–Crippen LogP) is 2.48. The zero-order valence-corrected chi connectivity index (χ0v) is 11.0. The van der Waals surface area contributed by atoms with Gasteiger partial charge in [0.05, 0.1) is 23.8 Å². The van der Waals surface area contributed by atoms with Gasteiger partial charge in [0.25, 0.3) is 0 Å². The number of pyridine rings is 1. The smallest absolute Gasteiger partial charge is 0.0549 e. The summed E-state index contributed by atoms with van der Waals surface area (Å²) in [6, 6.07) is 2.46. The van der Waals surface area contributed by atoms with E-state index in [0.717, 1.165) is 30.8 Å². The third-order valence-corrected chi connectivity index (χ3v) is 3.61. The summed E-state index contributed by atoms with van der Waals surface area (Å²) in [7, 11) is 0. The summed E-state index contributed by atoms with van der Waals surface area (Å²) in [6.45, 7) is 3.24. The molecule has 1 saturated carbocycles. The average molecular weight is 249 g/mol. The predicted molar refractivity (Wildman–Crippen MR) is 74.9 cm³/mol. The highest BCUT2D eigenvalue weighted by molar-refractivity contribution is 5.54. The molecule has 0 bridgehead atoms. The van der Waals surface area contributed by atoms with Crippen LogP contribution in [-0.2, 0) is 0 Å². The van der Waals surface area contributed by atoms with Gasteiger partial charge in [-0.25, -0.2) is 0 Å². The molecule has 0 aromatic carbocycles. The first-order chi connectivity index (χ1) is 8.83. The van der Waals surface area contributed by atoms with Crippen LogP contribution in [0, 0.1) is 5.92 Å². The Kier molecular flexibility index (Phi) is 4.81. The second kappa shape index (κ2) is 6.59. The van der Waals surface area contributed by atoms with E-state index in [1.54, 1.807) is 0 Å². The van der Waals surface area contributed by atoms with Crippen LogP contribution < -0.4 is 10.6 Å². The fourth-order valence-corrected chi connectivity index (χ4v) is 2.65. The van der Waals surface area contributed by atoms with Crippen molar-refractivity contribution in [2.45, 2.75) is 38.6 Å². The van der Waals surface area contributed by atoms with Gasteiger partial charge in [0.2, 0.25) is 0 Å². The van der Waals surface area contributed by atoms with Gasteiger partial charge in [0, 0.05) is 25.1 Å². The fraction of sp³-hybridized carbons (Fsp3) is 0.643. The molecule has 0 aliphatic heterocycles. The van der Waals surface area contributed by atoms with Crippen LogP contribution >= 0.6 is 0 Å². The Bertz CT molecular complexity index is 370. The lowest BCUT2D eigenvalue weighted by Gasteiger charge is -2.31. The Balaban J connectivity index is 2.00. The van der Waals surface area contributed by atoms with Gasteiger partial charge in [0.1, 0.15) is 0 Å². The summed E-state index contributed by atoms with van der Waals surface area (Å²) in [5.74, 6) is 0.376. The molecular formula is C14H23N3O. The van der Waals surface area contributed by atoms with Crippen molar-refractivity contribution in [3.05, 3.63) is 18.5 Å². The molecule has 0 radical (unpaired) electrons. The number of nitrogens with one attached hydrogen (secondary N) is 2. The molecule has 1 aliphatic carbocycles. The van der Waals surface area contributed by atoms with E-state index in [2.05, 4.69) is 28.6 Å². The first-order valence-corrected chi connectivity index (χ1v) is 6.89. The molecule has 3 N–H and O–H groups in total. The quantitative estimate of drug-likeness (QED) is 0.750. The minimum atomic E-state index is 0.276. The molecular weight excluding hydrogens is 226 g/mol. The summed E-state index contributed by atoms with van der Waals surface area (Å²) < 4.78 is 0. The van der Waals surface area contributed by atoms with E-state index in [-0.39, 0.29) is 6.61 Å². The lowest BCUT2D eigenvalue weighted by atomic mass is 9.85. The van der Waals surface area contributed by atoms with Crippen LogP contribution in [0.3, 0.4) is 0 Å². The second-order valence-corrected chi connectivity index (χ2v) is 4.97. The number of aliphatic hydroxyl groups excluding tert-OH is 1. The molecule has 4 nitrogen and oxygen atoms in total. The van der Waals surface area contributed by atoms with Crippen molar-refractivity contribution in [3.63, 3.8) is 0 Å². The third-order valence-electron chi connectivity index (χ3n) is 3.61. The van der Waals surface area contributed by atoms with E-state index >= 15 is 0 Å². The molecule has 1 heterocycles. The van der Waals surface area contributed by atoms with E-state index < -0.39 is 0 Å². The number of nitrogens with zero attached hydrogens (tertiary/aromatic N) is 1. The molecule has 2 atom stereocenters. The largest absolute Gasteiger partial charge is 0.396 e. The van der Waals surface area contributed by atoms with Crippen molar-refractivity contribution in [2.75, 3.05) is 23.8 Å². The van der Waals surface area contributed by atoms with Gasteiger partial charge < -0.3 is 15.7 Å². The van der Waals surface area contributed by atoms with Crippen LogP contribution in [0.25, 0.3) is 0 Å². The van der Waals surface area contributed by atoms with Crippen LogP contribution in [0.1, 0.15) is 32.6 Å². The molecule has 1 aromatic rings.